The van der Waals surface area contributed by atoms with Crippen LogP contribution < -0.4 is 4.72 Å². The van der Waals surface area contributed by atoms with Crippen LogP contribution in [-0.4, -0.2) is 25.1 Å². The van der Waals surface area contributed by atoms with Crippen molar-refractivity contribution in [1.82, 2.24) is 4.72 Å². The normalized spacial score (nSPS) is 28.0. The number of nitrogens with one attached hydrogen (secondary N) is 1. The third kappa shape index (κ3) is 3.90. The Labute approximate surface area is 104 Å². The van der Waals surface area contributed by atoms with Crippen molar-refractivity contribution in [1.29, 1.82) is 0 Å². The summed E-state index contributed by atoms with van der Waals surface area (Å²) in [5.41, 5.74) is 0. The molecule has 0 aromatic heterocycles. The van der Waals surface area contributed by atoms with Crippen LogP contribution in [0, 0.1) is 5.92 Å². The van der Waals surface area contributed by atoms with Crippen LogP contribution in [-0.2, 0) is 10.0 Å². The van der Waals surface area contributed by atoms with Crippen molar-refractivity contribution in [3.05, 3.63) is 0 Å². The molecule has 1 rings (SSSR count). The zero-order valence-electron chi connectivity index (χ0n) is 10.3. The molecule has 0 bridgehead atoms. The quantitative estimate of drug-likeness (QED) is 0.799. The second kappa shape index (κ2) is 5.23. The first-order valence-corrected chi connectivity index (χ1v) is 7.77. The predicted octanol–water partition coefficient (Wildman–Crippen LogP) is 2.50. The van der Waals surface area contributed by atoms with Gasteiger partial charge >= 0.3 is 0 Å². The molecule has 1 saturated carbocycles. The van der Waals surface area contributed by atoms with Gasteiger partial charge < -0.3 is 0 Å². The minimum Gasteiger partial charge on any atom is -0.215 e. The van der Waals surface area contributed by atoms with Gasteiger partial charge in [0.15, 0.2) is 0 Å². The van der Waals surface area contributed by atoms with E-state index in [1.54, 1.807) is 20.8 Å². The van der Waals surface area contributed by atoms with Gasteiger partial charge in [0.25, 0.3) is 0 Å². The maximum atomic E-state index is 11.8. The molecule has 0 unspecified atom stereocenters. The van der Waals surface area contributed by atoms with Gasteiger partial charge in [-0.3, -0.25) is 0 Å². The van der Waals surface area contributed by atoms with Crippen molar-refractivity contribution < 1.29 is 8.42 Å². The fourth-order valence-electron chi connectivity index (χ4n) is 1.77. The van der Waals surface area contributed by atoms with Gasteiger partial charge in [0.2, 0.25) is 10.0 Å². The molecule has 0 atom stereocenters. The van der Waals surface area contributed by atoms with E-state index in [9.17, 15) is 8.42 Å². The third-order valence-corrected chi connectivity index (χ3v) is 5.74. The van der Waals surface area contributed by atoms with Crippen LogP contribution in [0.2, 0.25) is 0 Å². The summed E-state index contributed by atoms with van der Waals surface area (Å²) in [5, 5.41) is 0.287. The smallest absolute Gasteiger partial charge is 0.215 e. The third-order valence-electron chi connectivity index (χ3n) is 3.14. The molecule has 0 radical (unpaired) electrons. The van der Waals surface area contributed by atoms with E-state index in [0.29, 0.717) is 12.5 Å². The lowest BCUT2D eigenvalue weighted by Crippen LogP contribution is -2.41. The second-order valence-corrected chi connectivity index (χ2v) is 8.72. The molecule has 0 spiro atoms. The van der Waals surface area contributed by atoms with Gasteiger partial charge in [-0.25, -0.2) is 13.1 Å². The molecule has 1 fully saturated rings. The molecule has 0 saturated heterocycles. The highest BCUT2D eigenvalue weighted by atomic mass is 35.5. The summed E-state index contributed by atoms with van der Waals surface area (Å²) in [4.78, 5) is 0. The predicted molar refractivity (Wildman–Crippen MR) is 68.3 cm³/mol. The lowest BCUT2D eigenvalue weighted by atomic mass is 9.89. The Balaban J connectivity index is 2.41. The number of rotatable bonds is 3. The SMILES string of the molecule is CC(C)(C)S(=O)(=O)NCC1CCC(Cl)CC1. The van der Waals surface area contributed by atoms with Crippen LogP contribution in [0.15, 0.2) is 0 Å². The summed E-state index contributed by atoms with van der Waals surface area (Å²) in [6.45, 7) is 5.70. The molecule has 0 amide bonds. The summed E-state index contributed by atoms with van der Waals surface area (Å²) < 4.78 is 25.6. The highest BCUT2D eigenvalue weighted by molar-refractivity contribution is 7.90. The van der Waals surface area contributed by atoms with E-state index in [0.717, 1.165) is 25.7 Å². The highest BCUT2D eigenvalue weighted by Gasteiger charge is 2.29. The molecule has 1 N–H and O–H groups in total. The van der Waals surface area contributed by atoms with Gasteiger partial charge in [-0.2, -0.15) is 0 Å². The fraction of sp³-hybridized carbons (Fsp3) is 1.00. The summed E-state index contributed by atoms with van der Waals surface area (Å²) in [7, 11) is -3.19. The summed E-state index contributed by atoms with van der Waals surface area (Å²) in [6, 6.07) is 0. The van der Waals surface area contributed by atoms with Crippen molar-refractivity contribution in [3.63, 3.8) is 0 Å². The Morgan fingerprint density at radius 3 is 2.12 bits per heavy atom. The summed E-state index contributed by atoms with van der Waals surface area (Å²) >= 11 is 6.01. The molecular formula is C11H22ClNO2S. The molecule has 0 aromatic rings. The van der Waals surface area contributed by atoms with Gasteiger partial charge in [-0.05, 0) is 52.4 Å². The van der Waals surface area contributed by atoms with Crippen molar-refractivity contribution >= 4 is 21.6 Å². The van der Waals surface area contributed by atoms with Crippen molar-refractivity contribution in [2.45, 2.75) is 56.6 Å². The second-order valence-electron chi connectivity index (χ2n) is 5.58. The van der Waals surface area contributed by atoms with Crippen molar-refractivity contribution in [3.8, 4) is 0 Å². The molecule has 3 nitrogen and oxygen atoms in total. The molecule has 0 aliphatic heterocycles. The van der Waals surface area contributed by atoms with Gasteiger partial charge in [0.1, 0.15) is 0 Å². The van der Waals surface area contributed by atoms with Crippen LogP contribution in [0.5, 0.6) is 0 Å². The average Bonchev–Trinajstić information content (AvgIpc) is 2.15. The number of hydrogen-bond acceptors (Lipinski definition) is 2. The molecule has 1 aliphatic carbocycles. The number of alkyl halides is 1. The zero-order chi connectivity index (χ0) is 12.4. The Hall–Kier alpha value is 0.200. The van der Waals surface area contributed by atoms with Gasteiger partial charge in [0, 0.05) is 11.9 Å². The summed E-state index contributed by atoms with van der Waals surface area (Å²) in [5.74, 6) is 0.451. The molecular weight excluding hydrogens is 246 g/mol. The van der Waals surface area contributed by atoms with Crippen molar-refractivity contribution in [2.24, 2.45) is 5.92 Å². The first-order valence-electron chi connectivity index (χ1n) is 5.85. The lowest BCUT2D eigenvalue weighted by Gasteiger charge is -2.27. The Bertz CT molecular complexity index is 313. The number of hydrogen-bond donors (Lipinski definition) is 1. The van der Waals surface area contributed by atoms with Crippen LogP contribution in [0.25, 0.3) is 0 Å². The fourth-order valence-corrected chi connectivity index (χ4v) is 2.91. The monoisotopic (exact) mass is 267 g/mol. The van der Waals surface area contributed by atoms with Crippen molar-refractivity contribution in [2.75, 3.05) is 6.54 Å². The molecule has 1 aliphatic rings. The van der Waals surface area contributed by atoms with Gasteiger partial charge in [-0.15, -0.1) is 11.6 Å². The maximum Gasteiger partial charge on any atom is 0.216 e. The van der Waals surface area contributed by atoms with E-state index < -0.39 is 14.8 Å². The first-order chi connectivity index (χ1) is 7.22. The van der Waals surface area contributed by atoms with E-state index in [4.69, 9.17) is 11.6 Å². The average molecular weight is 268 g/mol. The Morgan fingerprint density at radius 1 is 1.19 bits per heavy atom. The van der Waals surface area contributed by atoms with Crippen LogP contribution in [0.3, 0.4) is 0 Å². The molecule has 0 heterocycles. The standard InChI is InChI=1S/C11H22ClNO2S/c1-11(2,3)16(14,15)13-8-9-4-6-10(12)7-5-9/h9-10,13H,4-8H2,1-3H3. The highest BCUT2D eigenvalue weighted by Crippen LogP contribution is 2.27. The minimum absolute atomic E-state index is 0.287. The Morgan fingerprint density at radius 2 is 1.69 bits per heavy atom. The number of halogens is 1. The first kappa shape index (κ1) is 14.3. The van der Waals surface area contributed by atoms with Crippen LogP contribution >= 0.6 is 11.6 Å². The van der Waals surface area contributed by atoms with Crippen LogP contribution in [0.1, 0.15) is 46.5 Å². The Kier molecular flexibility index (Phi) is 4.66. The van der Waals surface area contributed by atoms with E-state index in [1.807, 2.05) is 0 Å². The minimum atomic E-state index is -3.19. The zero-order valence-corrected chi connectivity index (χ0v) is 11.9. The summed E-state index contributed by atoms with van der Waals surface area (Å²) in [6.07, 6.45) is 4.06. The molecule has 0 aromatic carbocycles. The lowest BCUT2D eigenvalue weighted by molar-refractivity contribution is 0.360. The number of sulfonamides is 1. The van der Waals surface area contributed by atoms with E-state index in [-0.39, 0.29) is 5.38 Å². The topological polar surface area (TPSA) is 46.2 Å². The van der Waals surface area contributed by atoms with Gasteiger partial charge in [0.05, 0.1) is 4.75 Å². The van der Waals surface area contributed by atoms with E-state index >= 15 is 0 Å². The molecule has 96 valence electrons. The van der Waals surface area contributed by atoms with Gasteiger partial charge in [-0.1, -0.05) is 0 Å². The maximum absolute atomic E-state index is 11.8. The van der Waals surface area contributed by atoms with E-state index in [1.165, 1.54) is 0 Å². The molecule has 5 heteroatoms. The van der Waals surface area contributed by atoms with E-state index in [2.05, 4.69) is 4.72 Å². The van der Waals surface area contributed by atoms with Crippen LogP contribution in [0.4, 0.5) is 0 Å². The largest absolute Gasteiger partial charge is 0.216 e. The molecule has 16 heavy (non-hydrogen) atoms.